The van der Waals surface area contributed by atoms with Crippen LogP contribution in [0.2, 0.25) is 0 Å². The van der Waals surface area contributed by atoms with Gasteiger partial charge in [0.25, 0.3) is 0 Å². The average molecular weight is 293 g/mol. The second kappa shape index (κ2) is 17.0. The van der Waals surface area contributed by atoms with E-state index < -0.39 is 0 Å². The Bertz CT molecular complexity index is 281. The van der Waals surface area contributed by atoms with E-state index in [4.69, 9.17) is 0 Å². The molecule has 122 valence electrons. The molecule has 0 rings (SSSR count). The molecule has 0 fully saturated rings. The van der Waals surface area contributed by atoms with E-state index in [1.807, 2.05) is 0 Å². The number of nitrogens with one attached hydrogen (secondary N) is 1. The van der Waals surface area contributed by atoms with E-state index in [-0.39, 0.29) is 5.91 Å². The van der Waals surface area contributed by atoms with Crippen LogP contribution in [0.4, 0.5) is 0 Å². The molecule has 0 bridgehead atoms. The van der Waals surface area contributed by atoms with Gasteiger partial charge in [-0.25, -0.2) is 0 Å². The standard InChI is InChI=1S/C19H35NO/c1-3-4-5-6-7-8-9-10-11-12-13-14-15-16-17-18-19(21)20-2/h7-8,10-11H,3-6,9,12-18H2,1-2H3,(H,20,21). The van der Waals surface area contributed by atoms with Crippen LogP contribution in [0.3, 0.4) is 0 Å². The van der Waals surface area contributed by atoms with Crippen LogP contribution in [0.15, 0.2) is 24.3 Å². The Labute approximate surface area is 132 Å². The monoisotopic (exact) mass is 293 g/mol. The lowest BCUT2D eigenvalue weighted by Gasteiger charge is -2.00. The maximum absolute atomic E-state index is 11.0. The molecular formula is C19H35NO. The first-order valence-electron chi connectivity index (χ1n) is 8.81. The van der Waals surface area contributed by atoms with Gasteiger partial charge in [-0.1, -0.05) is 63.3 Å². The average Bonchev–Trinajstić information content (AvgIpc) is 2.50. The van der Waals surface area contributed by atoms with Gasteiger partial charge in [-0.05, 0) is 38.5 Å². The van der Waals surface area contributed by atoms with Gasteiger partial charge in [-0.3, -0.25) is 4.79 Å². The molecule has 1 amide bonds. The first kappa shape index (κ1) is 19.9. The molecule has 0 aromatic rings. The highest BCUT2D eigenvalue weighted by atomic mass is 16.1. The van der Waals surface area contributed by atoms with Crippen LogP contribution < -0.4 is 5.32 Å². The van der Waals surface area contributed by atoms with Crippen molar-refractivity contribution in [2.45, 2.75) is 84.0 Å². The number of allylic oxidation sites excluding steroid dienone is 4. The van der Waals surface area contributed by atoms with Crippen molar-refractivity contribution in [3.63, 3.8) is 0 Å². The summed E-state index contributed by atoms with van der Waals surface area (Å²) in [7, 11) is 1.70. The molecule has 0 saturated heterocycles. The lowest BCUT2D eigenvalue weighted by atomic mass is 10.1. The fraction of sp³-hybridized carbons (Fsp3) is 0.737. The van der Waals surface area contributed by atoms with Gasteiger partial charge in [-0.2, -0.15) is 0 Å². The van der Waals surface area contributed by atoms with Crippen LogP contribution >= 0.6 is 0 Å². The van der Waals surface area contributed by atoms with Crippen LogP contribution in [0.1, 0.15) is 84.0 Å². The first-order valence-corrected chi connectivity index (χ1v) is 8.81. The molecule has 0 aromatic carbocycles. The third kappa shape index (κ3) is 16.9. The maximum Gasteiger partial charge on any atom is 0.219 e. The first-order chi connectivity index (χ1) is 10.3. The molecule has 1 N–H and O–H groups in total. The number of unbranched alkanes of at least 4 members (excludes halogenated alkanes) is 8. The quantitative estimate of drug-likeness (QED) is 0.330. The van der Waals surface area contributed by atoms with Crippen molar-refractivity contribution < 1.29 is 4.79 Å². The fourth-order valence-electron chi connectivity index (χ4n) is 2.22. The number of rotatable bonds is 14. The summed E-state index contributed by atoms with van der Waals surface area (Å²) in [6, 6.07) is 0. The van der Waals surface area contributed by atoms with Gasteiger partial charge >= 0.3 is 0 Å². The molecule has 0 saturated carbocycles. The Morgan fingerprint density at radius 1 is 0.810 bits per heavy atom. The van der Waals surface area contributed by atoms with E-state index in [0.717, 1.165) is 12.8 Å². The highest BCUT2D eigenvalue weighted by Gasteiger charge is 1.96. The number of hydrogen-bond acceptors (Lipinski definition) is 1. The molecule has 0 aliphatic carbocycles. The van der Waals surface area contributed by atoms with Crippen LogP contribution in [0, 0.1) is 0 Å². The molecule has 0 atom stereocenters. The van der Waals surface area contributed by atoms with Crippen molar-refractivity contribution in [1.29, 1.82) is 0 Å². The third-order valence-electron chi connectivity index (χ3n) is 3.63. The van der Waals surface area contributed by atoms with Gasteiger partial charge in [0, 0.05) is 13.5 Å². The molecule has 2 heteroatoms. The molecule has 0 aliphatic heterocycles. The summed E-state index contributed by atoms with van der Waals surface area (Å²) in [5.41, 5.74) is 0. The zero-order valence-corrected chi connectivity index (χ0v) is 14.2. The molecule has 2 nitrogen and oxygen atoms in total. The summed E-state index contributed by atoms with van der Waals surface area (Å²) in [5.74, 6) is 0.167. The fourth-order valence-corrected chi connectivity index (χ4v) is 2.22. The second-order valence-electron chi connectivity index (χ2n) is 5.65. The van der Waals surface area contributed by atoms with E-state index in [2.05, 4.69) is 36.5 Å². The van der Waals surface area contributed by atoms with E-state index >= 15 is 0 Å². The Morgan fingerprint density at radius 2 is 1.38 bits per heavy atom. The summed E-state index contributed by atoms with van der Waals surface area (Å²) >= 11 is 0. The lowest BCUT2D eigenvalue weighted by molar-refractivity contribution is -0.120. The maximum atomic E-state index is 11.0. The zero-order chi connectivity index (χ0) is 15.6. The summed E-state index contributed by atoms with van der Waals surface area (Å²) in [6.45, 7) is 2.24. The SMILES string of the molecule is CCCCCC=CCC=CCCCCCCCC(=O)NC. The molecule has 0 radical (unpaired) electrons. The Balaban J connectivity index is 3.20. The minimum absolute atomic E-state index is 0.167. The topological polar surface area (TPSA) is 29.1 Å². The summed E-state index contributed by atoms with van der Waals surface area (Å²) in [5, 5.41) is 2.66. The Kier molecular flexibility index (Phi) is 16.2. The van der Waals surface area contributed by atoms with E-state index in [1.165, 1.54) is 57.8 Å². The third-order valence-corrected chi connectivity index (χ3v) is 3.63. The zero-order valence-electron chi connectivity index (χ0n) is 14.2. The van der Waals surface area contributed by atoms with Crippen molar-refractivity contribution in [2.75, 3.05) is 7.05 Å². The predicted octanol–water partition coefficient (Wildman–Crippen LogP) is 5.55. The molecule has 0 aliphatic rings. The second-order valence-corrected chi connectivity index (χ2v) is 5.65. The number of hydrogen-bond donors (Lipinski definition) is 1. The molecule has 0 unspecified atom stereocenters. The summed E-state index contributed by atoms with van der Waals surface area (Å²) < 4.78 is 0. The number of amides is 1. The molecule has 0 heterocycles. The Morgan fingerprint density at radius 3 is 2.00 bits per heavy atom. The minimum Gasteiger partial charge on any atom is -0.359 e. The lowest BCUT2D eigenvalue weighted by Crippen LogP contribution is -2.16. The van der Waals surface area contributed by atoms with Crippen LogP contribution in [-0.2, 0) is 4.79 Å². The van der Waals surface area contributed by atoms with Crippen LogP contribution in [0.25, 0.3) is 0 Å². The molecular weight excluding hydrogens is 258 g/mol. The Hall–Kier alpha value is -1.05. The van der Waals surface area contributed by atoms with Crippen molar-refractivity contribution in [3.8, 4) is 0 Å². The largest absolute Gasteiger partial charge is 0.359 e. The van der Waals surface area contributed by atoms with Gasteiger partial charge in [0.05, 0.1) is 0 Å². The van der Waals surface area contributed by atoms with Gasteiger partial charge in [0.2, 0.25) is 5.91 Å². The summed E-state index contributed by atoms with van der Waals surface area (Å²) in [4.78, 5) is 11.0. The van der Waals surface area contributed by atoms with Crippen LogP contribution in [0.5, 0.6) is 0 Å². The molecule has 0 aromatic heterocycles. The van der Waals surface area contributed by atoms with Gasteiger partial charge in [0.15, 0.2) is 0 Å². The molecule has 0 spiro atoms. The van der Waals surface area contributed by atoms with Crippen LogP contribution in [-0.4, -0.2) is 13.0 Å². The van der Waals surface area contributed by atoms with E-state index in [9.17, 15) is 4.79 Å². The highest BCUT2D eigenvalue weighted by molar-refractivity contribution is 5.75. The van der Waals surface area contributed by atoms with Crippen molar-refractivity contribution >= 4 is 5.91 Å². The number of carbonyl (C=O) groups is 1. The number of carbonyl (C=O) groups excluding carboxylic acids is 1. The molecule has 21 heavy (non-hydrogen) atoms. The highest BCUT2D eigenvalue weighted by Crippen LogP contribution is 2.08. The van der Waals surface area contributed by atoms with Gasteiger partial charge in [-0.15, -0.1) is 0 Å². The van der Waals surface area contributed by atoms with Crippen molar-refractivity contribution in [1.82, 2.24) is 5.32 Å². The van der Waals surface area contributed by atoms with Crippen molar-refractivity contribution in [3.05, 3.63) is 24.3 Å². The predicted molar refractivity (Wildman–Crippen MR) is 93.4 cm³/mol. The van der Waals surface area contributed by atoms with E-state index in [0.29, 0.717) is 6.42 Å². The van der Waals surface area contributed by atoms with Gasteiger partial charge in [0.1, 0.15) is 0 Å². The smallest absolute Gasteiger partial charge is 0.219 e. The van der Waals surface area contributed by atoms with E-state index in [1.54, 1.807) is 7.05 Å². The minimum atomic E-state index is 0.167. The van der Waals surface area contributed by atoms with Crippen molar-refractivity contribution in [2.24, 2.45) is 0 Å². The normalized spacial score (nSPS) is 11.5. The van der Waals surface area contributed by atoms with Gasteiger partial charge < -0.3 is 5.32 Å². The summed E-state index contributed by atoms with van der Waals surface area (Å²) in [6.07, 6.45) is 23.4.